The number of hydrogen-bond donors (Lipinski definition) is 1. The van der Waals surface area contributed by atoms with Gasteiger partial charge in [0.2, 0.25) is 17.7 Å². The van der Waals surface area contributed by atoms with Crippen LogP contribution in [0.1, 0.15) is 34.1 Å². The third kappa shape index (κ3) is 3.74. The van der Waals surface area contributed by atoms with Gasteiger partial charge in [0.15, 0.2) is 0 Å². The van der Waals surface area contributed by atoms with Gasteiger partial charge >= 0.3 is 0 Å². The molecular weight excluding hydrogens is 302 g/mol. The summed E-state index contributed by atoms with van der Waals surface area (Å²) in [4.78, 5) is 40.2. The van der Waals surface area contributed by atoms with Gasteiger partial charge < -0.3 is 15.1 Å². The maximum atomic E-state index is 12.7. The molecule has 2 heterocycles. The van der Waals surface area contributed by atoms with Crippen LogP contribution in [0.4, 0.5) is 0 Å². The van der Waals surface area contributed by atoms with Crippen LogP contribution in [0.5, 0.6) is 0 Å². The summed E-state index contributed by atoms with van der Waals surface area (Å²) < 4.78 is 0. The van der Waals surface area contributed by atoms with E-state index in [9.17, 15) is 14.4 Å². The van der Waals surface area contributed by atoms with Gasteiger partial charge in [-0.15, -0.1) is 11.8 Å². The second-order valence-electron chi connectivity index (χ2n) is 6.90. The molecule has 0 radical (unpaired) electrons. The van der Waals surface area contributed by atoms with Crippen LogP contribution in [0.2, 0.25) is 0 Å². The van der Waals surface area contributed by atoms with E-state index >= 15 is 0 Å². The quantitative estimate of drug-likeness (QED) is 0.827. The molecule has 2 atom stereocenters. The van der Waals surface area contributed by atoms with E-state index in [1.54, 1.807) is 21.6 Å². The molecule has 0 aliphatic carbocycles. The summed E-state index contributed by atoms with van der Waals surface area (Å²) in [5, 5.41) is 2.94. The van der Waals surface area contributed by atoms with Crippen LogP contribution in [-0.2, 0) is 14.4 Å². The summed E-state index contributed by atoms with van der Waals surface area (Å²) in [5.74, 6) is 0.689. The SMILES string of the molecule is CCN1CC(C(=O)N2CSCC2C(=O)NC(C)(C)C)CC1=O. The third-order valence-corrected chi connectivity index (χ3v) is 4.92. The molecule has 1 N–H and O–H groups in total. The highest BCUT2D eigenvalue weighted by Crippen LogP contribution is 2.27. The first-order valence-electron chi connectivity index (χ1n) is 7.71. The fourth-order valence-corrected chi connectivity index (χ4v) is 3.97. The summed E-state index contributed by atoms with van der Waals surface area (Å²) in [5.41, 5.74) is -0.318. The molecule has 124 valence electrons. The molecule has 6 nitrogen and oxygen atoms in total. The van der Waals surface area contributed by atoms with Crippen molar-refractivity contribution in [2.45, 2.75) is 45.7 Å². The molecular formula is C15H25N3O3S. The average Bonchev–Trinajstić information content (AvgIpc) is 3.02. The van der Waals surface area contributed by atoms with Crippen LogP contribution in [0, 0.1) is 5.92 Å². The number of amides is 3. The van der Waals surface area contributed by atoms with E-state index < -0.39 is 6.04 Å². The van der Waals surface area contributed by atoms with E-state index in [-0.39, 0.29) is 35.6 Å². The Morgan fingerprint density at radius 1 is 1.36 bits per heavy atom. The standard InChI is InChI=1S/C15H25N3O3S/c1-5-17-7-10(6-12(17)19)14(21)18-9-22-8-11(18)13(20)16-15(2,3)4/h10-11H,5-9H2,1-4H3,(H,16,20). The number of carbonyl (C=O) groups excluding carboxylic acids is 3. The van der Waals surface area contributed by atoms with E-state index in [1.807, 2.05) is 27.7 Å². The van der Waals surface area contributed by atoms with E-state index in [4.69, 9.17) is 0 Å². The van der Waals surface area contributed by atoms with Gasteiger partial charge in [-0.25, -0.2) is 0 Å². The first-order chi connectivity index (χ1) is 10.2. The molecule has 0 aromatic heterocycles. The number of nitrogens with one attached hydrogen (secondary N) is 1. The zero-order chi connectivity index (χ0) is 16.5. The van der Waals surface area contributed by atoms with Crippen molar-refractivity contribution in [3.05, 3.63) is 0 Å². The lowest BCUT2D eigenvalue weighted by Gasteiger charge is -2.29. The molecule has 3 amide bonds. The van der Waals surface area contributed by atoms with E-state index in [1.165, 1.54) is 0 Å². The van der Waals surface area contributed by atoms with Crippen LogP contribution in [0.3, 0.4) is 0 Å². The van der Waals surface area contributed by atoms with Gasteiger partial charge in [0.1, 0.15) is 6.04 Å². The topological polar surface area (TPSA) is 69.7 Å². The Labute approximate surface area is 136 Å². The molecule has 0 bridgehead atoms. The van der Waals surface area contributed by atoms with Crippen molar-refractivity contribution in [2.24, 2.45) is 5.92 Å². The number of nitrogens with zero attached hydrogens (tertiary/aromatic N) is 2. The molecule has 2 aliphatic heterocycles. The first kappa shape index (κ1) is 17.1. The number of thioether (sulfide) groups is 1. The Hall–Kier alpha value is -1.24. The van der Waals surface area contributed by atoms with Gasteiger partial charge in [0, 0.05) is 30.8 Å². The van der Waals surface area contributed by atoms with Crippen LogP contribution in [0.25, 0.3) is 0 Å². The summed E-state index contributed by atoms with van der Waals surface area (Å²) in [6.07, 6.45) is 0.265. The van der Waals surface area contributed by atoms with E-state index in [2.05, 4.69) is 5.32 Å². The molecule has 2 fully saturated rings. The number of rotatable bonds is 3. The molecule has 2 saturated heterocycles. The lowest BCUT2D eigenvalue weighted by Crippen LogP contribution is -2.53. The van der Waals surface area contributed by atoms with Gasteiger partial charge in [0.25, 0.3) is 0 Å². The maximum absolute atomic E-state index is 12.7. The normalized spacial score (nSPS) is 25.7. The second kappa shape index (κ2) is 6.48. The summed E-state index contributed by atoms with van der Waals surface area (Å²) in [6.45, 7) is 8.79. The highest BCUT2D eigenvalue weighted by Gasteiger charge is 2.42. The molecule has 0 aromatic carbocycles. The van der Waals surface area contributed by atoms with Crippen LogP contribution in [0.15, 0.2) is 0 Å². The van der Waals surface area contributed by atoms with E-state index in [0.29, 0.717) is 24.7 Å². The number of likely N-dealkylation sites (tertiary alicyclic amines) is 1. The average molecular weight is 327 g/mol. The minimum Gasteiger partial charge on any atom is -0.350 e. The Morgan fingerprint density at radius 2 is 2.05 bits per heavy atom. The van der Waals surface area contributed by atoms with Gasteiger partial charge in [-0.3, -0.25) is 14.4 Å². The lowest BCUT2D eigenvalue weighted by molar-refractivity contribution is -0.141. The summed E-state index contributed by atoms with van der Waals surface area (Å²) in [7, 11) is 0. The first-order valence-corrected chi connectivity index (χ1v) is 8.86. The molecule has 2 rings (SSSR count). The predicted molar refractivity (Wildman–Crippen MR) is 86.2 cm³/mol. The monoisotopic (exact) mass is 327 g/mol. The van der Waals surface area contributed by atoms with Crippen molar-refractivity contribution >= 4 is 29.5 Å². The van der Waals surface area contributed by atoms with Gasteiger partial charge in [-0.05, 0) is 27.7 Å². The molecule has 22 heavy (non-hydrogen) atoms. The van der Waals surface area contributed by atoms with Gasteiger partial charge in [-0.1, -0.05) is 0 Å². The summed E-state index contributed by atoms with van der Waals surface area (Å²) in [6, 6.07) is -0.428. The highest BCUT2D eigenvalue weighted by atomic mass is 32.2. The number of carbonyl (C=O) groups is 3. The van der Waals surface area contributed by atoms with E-state index in [0.717, 1.165) is 0 Å². The third-order valence-electron chi connectivity index (χ3n) is 3.91. The highest BCUT2D eigenvalue weighted by molar-refractivity contribution is 7.99. The van der Waals surface area contributed by atoms with Crippen molar-refractivity contribution < 1.29 is 14.4 Å². The largest absolute Gasteiger partial charge is 0.350 e. The Kier molecular flexibility index (Phi) is 5.04. The number of hydrogen-bond acceptors (Lipinski definition) is 4. The molecule has 0 spiro atoms. The van der Waals surface area contributed by atoms with Crippen LogP contribution in [-0.4, -0.2) is 63.8 Å². The van der Waals surface area contributed by atoms with Crippen molar-refractivity contribution in [1.82, 2.24) is 15.1 Å². The fraction of sp³-hybridized carbons (Fsp3) is 0.800. The zero-order valence-corrected chi connectivity index (χ0v) is 14.5. The molecule has 0 aromatic rings. The Balaban J connectivity index is 2.03. The van der Waals surface area contributed by atoms with Crippen molar-refractivity contribution in [3.8, 4) is 0 Å². The summed E-state index contributed by atoms with van der Waals surface area (Å²) >= 11 is 1.58. The second-order valence-corrected chi connectivity index (χ2v) is 7.90. The Bertz CT molecular complexity index is 475. The minimum atomic E-state index is -0.428. The van der Waals surface area contributed by atoms with Crippen molar-refractivity contribution in [3.63, 3.8) is 0 Å². The lowest BCUT2D eigenvalue weighted by atomic mass is 10.1. The molecule has 0 saturated carbocycles. The molecule has 7 heteroatoms. The Morgan fingerprint density at radius 3 is 2.59 bits per heavy atom. The fourth-order valence-electron chi connectivity index (χ4n) is 2.81. The van der Waals surface area contributed by atoms with Gasteiger partial charge in [0.05, 0.1) is 11.8 Å². The molecule has 2 aliphatic rings. The van der Waals surface area contributed by atoms with Crippen LogP contribution < -0.4 is 5.32 Å². The zero-order valence-electron chi connectivity index (χ0n) is 13.7. The van der Waals surface area contributed by atoms with Gasteiger partial charge in [-0.2, -0.15) is 0 Å². The molecule has 2 unspecified atom stereocenters. The van der Waals surface area contributed by atoms with Crippen LogP contribution >= 0.6 is 11.8 Å². The van der Waals surface area contributed by atoms with Crippen molar-refractivity contribution in [1.29, 1.82) is 0 Å². The maximum Gasteiger partial charge on any atom is 0.244 e. The van der Waals surface area contributed by atoms with Crippen molar-refractivity contribution in [2.75, 3.05) is 24.7 Å². The smallest absolute Gasteiger partial charge is 0.244 e. The predicted octanol–water partition coefficient (Wildman–Crippen LogP) is 0.671. The minimum absolute atomic E-state index is 0.0309.